The molecule has 98 valence electrons. The highest BCUT2D eigenvalue weighted by Gasteiger charge is 2.35. The molecular formula is C12H10N2O3S2. The molecule has 0 bridgehead atoms. The molecule has 7 heteroatoms. The quantitative estimate of drug-likeness (QED) is 0.572. The number of amides is 1. The molecule has 2 rings (SSSR count). The lowest BCUT2D eigenvalue weighted by atomic mass is 10.2. The van der Waals surface area contributed by atoms with Crippen LogP contribution in [0, 0.1) is 0 Å². The van der Waals surface area contributed by atoms with Gasteiger partial charge < -0.3 is 9.90 Å². The van der Waals surface area contributed by atoms with Crippen molar-refractivity contribution in [1.29, 1.82) is 0 Å². The number of carbonyl (C=O) groups is 2. The van der Waals surface area contributed by atoms with Gasteiger partial charge in [-0.3, -0.25) is 9.69 Å². The van der Waals surface area contributed by atoms with Crippen molar-refractivity contribution in [2.75, 3.05) is 0 Å². The monoisotopic (exact) mass is 294 g/mol. The number of carboxylic acid groups (broad SMARTS) is 1. The molecule has 0 aromatic carbocycles. The summed E-state index contributed by atoms with van der Waals surface area (Å²) in [6.45, 7) is 1.37. The van der Waals surface area contributed by atoms with Crippen LogP contribution in [0.2, 0.25) is 0 Å². The zero-order valence-electron chi connectivity index (χ0n) is 9.95. The summed E-state index contributed by atoms with van der Waals surface area (Å²) in [7, 11) is 0. The number of aromatic amines is 1. The predicted molar refractivity (Wildman–Crippen MR) is 72.5 cm³/mol. The number of hydrogen-bond donors (Lipinski definition) is 0. The Labute approximate surface area is 119 Å². The minimum Gasteiger partial charge on any atom is -0.548 e. The topological polar surface area (TPSA) is 74.6 Å². The molecule has 2 heterocycles. The second kappa shape index (κ2) is 5.50. The fourth-order valence-corrected chi connectivity index (χ4v) is 2.99. The third-order valence-electron chi connectivity index (χ3n) is 2.58. The Morgan fingerprint density at radius 3 is 2.95 bits per heavy atom. The number of nitrogens with zero attached hydrogens (tertiary/aromatic N) is 1. The van der Waals surface area contributed by atoms with E-state index in [9.17, 15) is 14.7 Å². The molecule has 0 aliphatic carbocycles. The van der Waals surface area contributed by atoms with E-state index in [1.54, 1.807) is 24.5 Å². The first-order valence-corrected chi connectivity index (χ1v) is 6.67. The fourth-order valence-electron chi connectivity index (χ4n) is 1.57. The highest BCUT2D eigenvalue weighted by Crippen LogP contribution is 2.33. The van der Waals surface area contributed by atoms with E-state index in [0.717, 1.165) is 22.2 Å². The molecule has 1 atom stereocenters. The summed E-state index contributed by atoms with van der Waals surface area (Å²) in [5.41, 5.74) is 0.809. The first-order chi connectivity index (χ1) is 9.00. The Bertz CT molecular complexity index is 572. The van der Waals surface area contributed by atoms with E-state index in [0.29, 0.717) is 4.91 Å². The Hall–Kier alpha value is -1.73. The minimum atomic E-state index is -1.33. The Kier molecular flexibility index (Phi) is 3.96. The zero-order chi connectivity index (χ0) is 14.0. The molecule has 0 radical (unpaired) electrons. The molecule has 1 unspecified atom stereocenters. The van der Waals surface area contributed by atoms with Gasteiger partial charge in [0.15, 0.2) is 12.4 Å². The lowest BCUT2D eigenvalue weighted by Gasteiger charge is -2.23. The van der Waals surface area contributed by atoms with Gasteiger partial charge in [-0.1, -0.05) is 24.0 Å². The molecule has 19 heavy (non-hydrogen) atoms. The minimum absolute atomic E-state index is 0.230. The predicted octanol–water partition coefficient (Wildman–Crippen LogP) is -0.160. The number of carboxylic acids is 1. The molecule has 1 fully saturated rings. The molecule has 1 amide bonds. The lowest BCUT2D eigenvalue weighted by molar-refractivity contribution is -0.378. The Morgan fingerprint density at radius 1 is 1.63 bits per heavy atom. The molecule has 0 saturated carbocycles. The number of H-pyrrole nitrogens is 1. The zero-order valence-corrected chi connectivity index (χ0v) is 11.6. The molecule has 1 aliphatic heterocycles. The smallest absolute Gasteiger partial charge is 0.266 e. The van der Waals surface area contributed by atoms with E-state index >= 15 is 0 Å². The van der Waals surface area contributed by atoms with Crippen LogP contribution in [-0.4, -0.2) is 27.1 Å². The van der Waals surface area contributed by atoms with E-state index in [2.05, 4.69) is 4.98 Å². The van der Waals surface area contributed by atoms with Crippen LogP contribution in [0.25, 0.3) is 6.08 Å². The second-order valence-corrected chi connectivity index (χ2v) is 5.56. The SMILES string of the molecule is CC(C(=O)[O-])N1C(=O)/C(=C\c2ccc[nH+]c2)SC1=S. The van der Waals surface area contributed by atoms with Gasteiger partial charge >= 0.3 is 0 Å². The van der Waals surface area contributed by atoms with Gasteiger partial charge in [-0.2, -0.15) is 0 Å². The van der Waals surface area contributed by atoms with Crippen LogP contribution in [0.1, 0.15) is 12.5 Å². The van der Waals surface area contributed by atoms with Crippen LogP contribution >= 0.6 is 24.0 Å². The summed E-state index contributed by atoms with van der Waals surface area (Å²) in [6, 6.07) is 2.56. The number of hydrogen-bond acceptors (Lipinski definition) is 5. The number of aliphatic carboxylic acids is 1. The van der Waals surface area contributed by atoms with Crippen molar-refractivity contribution in [3.05, 3.63) is 35.0 Å². The van der Waals surface area contributed by atoms with E-state index in [4.69, 9.17) is 12.2 Å². The van der Waals surface area contributed by atoms with Crippen molar-refractivity contribution < 1.29 is 19.7 Å². The van der Waals surface area contributed by atoms with Crippen LogP contribution in [0.4, 0.5) is 0 Å². The van der Waals surface area contributed by atoms with Crippen molar-refractivity contribution in [3.63, 3.8) is 0 Å². The lowest BCUT2D eigenvalue weighted by Crippen LogP contribution is -2.48. The summed E-state index contributed by atoms with van der Waals surface area (Å²) in [5.74, 6) is -1.74. The van der Waals surface area contributed by atoms with Crippen LogP contribution in [0.3, 0.4) is 0 Å². The van der Waals surface area contributed by atoms with Crippen LogP contribution < -0.4 is 10.1 Å². The van der Waals surface area contributed by atoms with Gasteiger partial charge in [0.25, 0.3) is 5.91 Å². The highest BCUT2D eigenvalue weighted by molar-refractivity contribution is 8.26. The van der Waals surface area contributed by atoms with Gasteiger partial charge in [0, 0.05) is 11.6 Å². The molecule has 1 saturated heterocycles. The van der Waals surface area contributed by atoms with Crippen molar-refractivity contribution in [1.82, 2.24) is 4.90 Å². The second-order valence-electron chi connectivity index (χ2n) is 3.88. The average molecular weight is 294 g/mol. The van der Waals surface area contributed by atoms with Crippen LogP contribution in [-0.2, 0) is 9.59 Å². The third-order valence-corrected chi connectivity index (χ3v) is 3.91. The van der Waals surface area contributed by atoms with Gasteiger partial charge in [-0.05, 0) is 19.1 Å². The summed E-state index contributed by atoms with van der Waals surface area (Å²) in [5, 5.41) is 10.8. The number of carbonyl (C=O) groups excluding carboxylic acids is 2. The van der Waals surface area contributed by atoms with Gasteiger partial charge in [0.2, 0.25) is 0 Å². The van der Waals surface area contributed by atoms with Crippen molar-refractivity contribution in [2.45, 2.75) is 13.0 Å². The third kappa shape index (κ3) is 2.82. The summed E-state index contributed by atoms with van der Waals surface area (Å²) < 4.78 is 0.230. The highest BCUT2D eigenvalue weighted by atomic mass is 32.2. The molecule has 1 aromatic rings. The summed E-state index contributed by atoms with van der Waals surface area (Å²) in [4.78, 5) is 27.3. The van der Waals surface area contributed by atoms with Crippen LogP contribution in [0.5, 0.6) is 0 Å². The molecular weight excluding hydrogens is 284 g/mol. The first kappa shape index (κ1) is 13.7. The largest absolute Gasteiger partial charge is 0.548 e. The average Bonchev–Trinajstić information content (AvgIpc) is 2.65. The molecule has 5 nitrogen and oxygen atoms in total. The first-order valence-electron chi connectivity index (χ1n) is 5.44. The summed E-state index contributed by atoms with van der Waals surface area (Å²) >= 11 is 6.12. The van der Waals surface area contributed by atoms with Gasteiger partial charge in [-0.15, -0.1) is 0 Å². The standard InChI is InChI=1S/C12H10N2O3S2/c1-7(11(16)17)14-10(15)9(19-12(14)18)5-8-3-2-4-13-6-8/h2-7H,1H3,(H,16,17)/b9-5+. The number of nitrogens with one attached hydrogen (secondary N) is 1. The summed E-state index contributed by atoms with van der Waals surface area (Å²) in [6.07, 6.45) is 5.15. The van der Waals surface area contributed by atoms with E-state index in [-0.39, 0.29) is 4.32 Å². The van der Waals surface area contributed by atoms with Crippen molar-refractivity contribution in [2.24, 2.45) is 0 Å². The maximum atomic E-state index is 12.1. The molecule has 1 N–H and O–H groups in total. The van der Waals surface area contributed by atoms with Gasteiger partial charge in [-0.25, -0.2) is 4.98 Å². The molecule has 1 aromatic heterocycles. The van der Waals surface area contributed by atoms with Gasteiger partial charge in [0.05, 0.1) is 16.9 Å². The maximum Gasteiger partial charge on any atom is 0.266 e. The number of thiocarbonyl (C=S) groups is 1. The van der Waals surface area contributed by atoms with Gasteiger partial charge in [0.1, 0.15) is 4.32 Å². The van der Waals surface area contributed by atoms with Crippen molar-refractivity contribution >= 4 is 46.3 Å². The Balaban J connectivity index is 2.28. The van der Waals surface area contributed by atoms with Crippen molar-refractivity contribution in [3.8, 4) is 0 Å². The normalized spacial score (nSPS) is 19.0. The molecule has 0 spiro atoms. The number of pyridine rings is 1. The van der Waals surface area contributed by atoms with E-state index in [1.165, 1.54) is 6.92 Å². The maximum absolute atomic E-state index is 12.1. The number of thioether (sulfide) groups is 1. The Morgan fingerprint density at radius 2 is 2.37 bits per heavy atom. The van der Waals surface area contributed by atoms with E-state index < -0.39 is 17.9 Å². The fraction of sp³-hybridized carbons (Fsp3) is 0.167. The van der Waals surface area contributed by atoms with Crippen LogP contribution in [0.15, 0.2) is 29.4 Å². The molecule has 1 aliphatic rings. The van der Waals surface area contributed by atoms with E-state index in [1.807, 2.05) is 6.07 Å². The number of aromatic nitrogens is 1. The number of rotatable bonds is 3.